The Kier molecular flexibility index (Phi) is 8.07. The molecule has 0 unspecified atom stereocenters. The third kappa shape index (κ3) is 4.89. The molecule has 0 saturated heterocycles. The maximum atomic E-state index is 10.7. The van der Waals surface area contributed by atoms with E-state index in [4.69, 9.17) is 4.74 Å². The molecular weight excluding hydrogens is 204 g/mol. The van der Waals surface area contributed by atoms with Crippen molar-refractivity contribution in [3.05, 3.63) is 23.9 Å². The maximum absolute atomic E-state index is 10.7. The molecular formula is C12H20N2O2. The minimum Gasteiger partial charge on any atom is -0.383 e. The van der Waals surface area contributed by atoms with Gasteiger partial charge in [0.2, 0.25) is 6.41 Å². The van der Waals surface area contributed by atoms with E-state index >= 15 is 0 Å². The van der Waals surface area contributed by atoms with Crippen molar-refractivity contribution in [3.63, 3.8) is 0 Å². The van der Waals surface area contributed by atoms with Crippen molar-refractivity contribution in [1.29, 1.82) is 0 Å². The minimum atomic E-state index is 0.508. The van der Waals surface area contributed by atoms with E-state index in [1.165, 1.54) is 4.90 Å². The first-order valence-electron chi connectivity index (χ1n) is 5.41. The maximum Gasteiger partial charge on any atom is 0.215 e. The number of hydrogen-bond donors (Lipinski definition) is 0. The van der Waals surface area contributed by atoms with Gasteiger partial charge < -0.3 is 4.74 Å². The van der Waals surface area contributed by atoms with Gasteiger partial charge in [-0.2, -0.15) is 0 Å². The van der Waals surface area contributed by atoms with Gasteiger partial charge >= 0.3 is 0 Å². The summed E-state index contributed by atoms with van der Waals surface area (Å²) in [5, 5.41) is 0. The summed E-state index contributed by atoms with van der Waals surface area (Å²) in [6, 6.07) is 3.74. The molecule has 4 heteroatoms. The fourth-order valence-electron chi connectivity index (χ4n) is 1.04. The number of anilines is 1. The summed E-state index contributed by atoms with van der Waals surface area (Å²) in [5.74, 6) is 0.655. The second-order valence-electron chi connectivity index (χ2n) is 2.99. The molecule has 0 N–H and O–H groups in total. The predicted octanol–water partition coefficient (Wildman–Crippen LogP) is 2.03. The average Bonchev–Trinajstić information content (AvgIpc) is 2.35. The monoisotopic (exact) mass is 224 g/mol. The normalized spacial score (nSPS) is 9.00. The second kappa shape index (κ2) is 8.85. The number of carbonyl (C=O) groups excluding carboxylic acids is 1. The number of ether oxygens (including phenoxy) is 1. The van der Waals surface area contributed by atoms with E-state index < -0.39 is 0 Å². The Morgan fingerprint density at radius 1 is 1.44 bits per heavy atom. The van der Waals surface area contributed by atoms with Crippen LogP contribution in [-0.4, -0.2) is 31.7 Å². The van der Waals surface area contributed by atoms with E-state index in [0.29, 0.717) is 19.0 Å². The van der Waals surface area contributed by atoms with Crippen LogP contribution in [0.1, 0.15) is 19.4 Å². The number of pyridine rings is 1. The molecule has 0 aliphatic heterocycles. The zero-order chi connectivity index (χ0) is 12.4. The van der Waals surface area contributed by atoms with E-state index in [1.54, 1.807) is 13.3 Å². The molecule has 0 aliphatic rings. The highest BCUT2D eigenvalue weighted by Gasteiger charge is 2.04. The summed E-state index contributed by atoms with van der Waals surface area (Å²) in [7, 11) is 1.60. The molecule has 0 fully saturated rings. The van der Waals surface area contributed by atoms with Crippen LogP contribution in [0.3, 0.4) is 0 Å². The van der Waals surface area contributed by atoms with Crippen molar-refractivity contribution in [2.24, 2.45) is 0 Å². The first-order valence-corrected chi connectivity index (χ1v) is 5.41. The van der Waals surface area contributed by atoms with Crippen LogP contribution >= 0.6 is 0 Å². The van der Waals surface area contributed by atoms with Gasteiger partial charge in [0, 0.05) is 13.3 Å². The van der Waals surface area contributed by atoms with Crippen LogP contribution in [0.15, 0.2) is 18.3 Å². The molecule has 1 amide bonds. The Balaban J connectivity index is 0.00000106. The third-order valence-corrected chi connectivity index (χ3v) is 1.85. The van der Waals surface area contributed by atoms with Gasteiger partial charge in [-0.1, -0.05) is 19.9 Å². The van der Waals surface area contributed by atoms with Crippen molar-refractivity contribution in [1.82, 2.24) is 4.98 Å². The Hall–Kier alpha value is -1.42. The van der Waals surface area contributed by atoms with Crippen molar-refractivity contribution in [2.75, 3.05) is 25.2 Å². The number of aryl methyl sites for hydroxylation is 1. The number of hydrogen-bond acceptors (Lipinski definition) is 3. The molecule has 0 aromatic carbocycles. The molecule has 90 valence electrons. The fraction of sp³-hybridized carbons (Fsp3) is 0.500. The largest absolute Gasteiger partial charge is 0.383 e. The SMILES string of the molecule is CC.COCCN(C=O)c1ccc(C)cn1. The van der Waals surface area contributed by atoms with Crippen molar-refractivity contribution in [2.45, 2.75) is 20.8 Å². The molecule has 0 aliphatic carbocycles. The van der Waals surface area contributed by atoms with Crippen LogP contribution in [0.2, 0.25) is 0 Å². The van der Waals surface area contributed by atoms with Crippen molar-refractivity contribution in [3.8, 4) is 0 Å². The van der Waals surface area contributed by atoms with Crippen LogP contribution < -0.4 is 4.90 Å². The van der Waals surface area contributed by atoms with Crippen molar-refractivity contribution < 1.29 is 9.53 Å². The molecule has 16 heavy (non-hydrogen) atoms. The van der Waals surface area contributed by atoms with Gasteiger partial charge in [-0.3, -0.25) is 9.69 Å². The molecule has 1 aromatic rings. The number of carbonyl (C=O) groups is 1. The van der Waals surface area contributed by atoms with Gasteiger partial charge in [-0.15, -0.1) is 0 Å². The number of methoxy groups -OCH3 is 1. The predicted molar refractivity (Wildman–Crippen MR) is 65.6 cm³/mol. The van der Waals surface area contributed by atoms with E-state index in [1.807, 2.05) is 32.9 Å². The molecule has 1 aromatic heterocycles. The molecule has 4 nitrogen and oxygen atoms in total. The highest BCUT2D eigenvalue weighted by Crippen LogP contribution is 2.08. The molecule has 0 spiro atoms. The van der Waals surface area contributed by atoms with Crippen LogP contribution in [0.5, 0.6) is 0 Å². The summed E-state index contributed by atoms with van der Waals surface area (Å²) in [4.78, 5) is 16.4. The first-order chi connectivity index (χ1) is 7.77. The topological polar surface area (TPSA) is 42.4 Å². The van der Waals surface area contributed by atoms with Gasteiger partial charge in [-0.05, 0) is 18.6 Å². The van der Waals surface area contributed by atoms with Gasteiger partial charge in [-0.25, -0.2) is 4.98 Å². The third-order valence-electron chi connectivity index (χ3n) is 1.85. The lowest BCUT2D eigenvalue weighted by Gasteiger charge is -2.15. The number of rotatable bonds is 5. The van der Waals surface area contributed by atoms with E-state index in [0.717, 1.165) is 12.0 Å². The molecule has 0 radical (unpaired) electrons. The summed E-state index contributed by atoms with van der Waals surface area (Å²) in [6.45, 7) is 6.99. The van der Waals surface area contributed by atoms with Crippen LogP contribution in [0.4, 0.5) is 5.82 Å². The van der Waals surface area contributed by atoms with Gasteiger partial charge in [0.05, 0.1) is 13.2 Å². The zero-order valence-corrected chi connectivity index (χ0v) is 10.4. The fourth-order valence-corrected chi connectivity index (χ4v) is 1.04. The minimum absolute atomic E-state index is 0.508. The first kappa shape index (κ1) is 14.6. The van der Waals surface area contributed by atoms with Crippen LogP contribution in [-0.2, 0) is 9.53 Å². The highest BCUT2D eigenvalue weighted by atomic mass is 16.5. The zero-order valence-electron chi connectivity index (χ0n) is 10.4. The number of nitrogens with zero attached hydrogens (tertiary/aromatic N) is 2. The average molecular weight is 224 g/mol. The summed E-state index contributed by atoms with van der Waals surface area (Å²) < 4.78 is 4.89. The lowest BCUT2D eigenvalue weighted by molar-refractivity contribution is -0.107. The Bertz CT molecular complexity index is 286. The standard InChI is InChI=1S/C10H14N2O2.C2H6/c1-9-3-4-10(11-7-9)12(8-13)5-6-14-2;1-2/h3-4,7-8H,5-6H2,1-2H3;1-2H3. The molecule has 1 heterocycles. The van der Waals surface area contributed by atoms with Crippen molar-refractivity contribution >= 4 is 12.2 Å². The Morgan fingerprint density at radius 2 is 2.12 bits per heavy atom. The molecule has 0 bridgehead atoms. The summed E-state index contributed by atoms with van der Waals surface area (Å²) in [6.07, 6.45) is 2.50. The molecule has 0 saturated carbocycles. The second-order valence-corrected chi connectivity index (χ2v) is 2.99. The summed E-state index contributed by atoms with van der Waals surface area (Å²) in [5.41, 5.74) is 1.08. The molecule has 1 rings (SSSR count). The van der Waals surface area contributed by atoms with Gasteiger partial charge in [0.1, 0.15) is 5.82 Å². The quantitative estimate of drug-likeness (QED) is 0.719. The van der Waals surface area contributed by atoms with E-state index in [2.05, 4.69) is 4.98 Å². The number of amides is 1. The lowest BCUT2D eigenvalue weighted by atomic mass is 10.3. The van der Waals surface area contributed by atoms with E-state index in [-0.39, 0.29) is 0 Å². The smallest absolute Gasteiger partial charge is 0.215 e. The van der Waals surface area contributed by atoms with Gasteiger partial charge in [0.25, 0.3) is 0 Å². The lowest BCUT2D eigenvalue weighted by Crippen LogP contribution is -2.26. The Labute approximate surface area is 97.2 Å². The van der Waals surface area contributed by atoms with Crippen LogP contribution in [0, 0.1) is 6.92 Å². The molecule has 0 atom stereocenters. The summed E-state index contributed by atoms with van der Waals surface area (Å²) >= 11 is 0. The van der Waals surface area contributed by atoms with Gasteiger partial charge in [0.15, 0.2) is 0 Å². The van der Waals surface area contributed by atoms with E-state index in [9.17, 15) is 4.79 Å². The number of aromatic nitrogens is 1. The Morgan fingerprint density at radius 3 is 2.56 bits per heavy atom. The van der Waals surface area contributed by atoms with Crippen LogP contribution in [0.25, 0.3) is 0 Å². The highest BCUT2D eigenvalue weighted by molar-refractivity contribution is 5.72.